The summed E-state index contributed by atoms with van der Waals surface area (Å²) in [5.41, 5.74) is 7.26. The van der Waals surface area contributed by atoms with E-state index in [0.29, 0.717) is 0 Å². The van der Waals surface area contributed by atoms with Crippen molar-refractivity contribution in [2.75, 3.05) is 11.4 Å². The molecule has 0 bridgehead atoms. The van der Waals surface area contributed by atoms with E-state index in [9.17, 15) is 0 Å². The molecule has 0 aromatic heterocycles. The fraction of sp³-hybridized carbons (Fsp3) is 0.0667. The number of hydrogen-bond acceptors (Lipinski definition) is 1. The van der Waals surface area contributed by atoms with Crippen molar-refractivity contribution >= 4 is 23.0 Å². The molecule has 0 aliphatic rings. The van der Waals surface area contributed by atoms with Gasteiger partial charge in [0.15, 0.2) is 0 Å². The van der Waals surface area contributed by atoms with E-state index >= 15 is 0 Å². The van der Waals surface area contributed by atoms with Crippen LogP contribution in [0.3, 0.4) is 0 Å². The fourth-order valence-electron chi connectivity index (χ4n) is 3.74. The van der Waals surface area contributed by atoms with Gasteiger partial charge in [-0.25, -0.2) is 0 Å². The smallest absolute Gasteiger partial charge is 0.0411 e. The van der Waals surface area contributed by atoms with E-state index in [1.807, 2.05) is 0 Å². The van der Waals surface area contributed by atoms with Crippen molar-refractivity contribution in [1.29, 1.82) is 0 Å². The molecular formula is C30H27N. The monoisotopic (exact) mass is 401 g/mol. The average Bonchev–Trinajstić information content (AvgIpc) is 2.85. The largest absolute Gasteiger partial charge is 0.342 e. The molecule has 152 valence electrons. The second-order valence-corrected chi connectivity index (χ2v) is 7.34. The lowest BCUT2D eigenvalue weighted by atomic mass is 9.97. The first-order chi connectivity index (χ1) is 15.3. The Kier molecular flexibility index (Phi) is 6.77. The summed E-state index contributed by atoms with van der Waals surface area (Å²) in [4.78, 5) is 2.32. The molecule has 1 nitrogen and oxygen atoms in total. The summed E-state index contributed by atoms with van der Waals surface area (Å²) in [5, 5.41) is 0. The van der Waals surface area contributed by atoms with Gasteiger partial charge in [-0.15, -0.1) is 0 Å². The molecule has 0 amide bonds. The highest BCUT2D eigenvalue weighted by molar-refractivity contribution is 5.81. The lowest BCUT2D eigenvalue weighted by molar-refractivity contribution is 1.02. The molecule has 0 N–H and O–H groups in total. The summed E-state index contributed by atoms with van der Waals surface area (Å²) in [6.45, 7) is 3.11. The number of hydrogen-bond donors (Lipinski definition) is 0. The predicted octanol–water partition coefficient (Wildman–Crippen LogP) is 7.99. The first kappa shape index (κ1) is 20.4. The van der Waals surface area contributed by atoms with Crippen molar-refractivity contribution in [3.8, 4) is 0 Å². The summed E-state index contributed by atoms with van der Waals surface area (Å²) in [7, 11) is 0. The average molecular weight is 402 g/mol. The third-order valence-corrected chi connectivity index (χ3v) is 5.31. The SMILES string of the molecule is CCN(c1ccccc1)c1ccc(C=CC=C(c2ccccc2)c2ccccc2)cc1. The van der Waals surface area contributed by atoms with Crippen LogP contribution in [0.2, 0.25) is 0 Å². The van der Waals surface area contributed by atoms with Crippen LogP contribution in [0.4, 0.5) is 11.4 Å². The van der Waals surface area contributed by atoms with Gasteiger partial charge in [0.05, 0.1) is 0 Å². The van der Waals surface area contributed by atoms with Crippen LogP contribution < -0.4 is 4.90 Å². The molecule has 0 saturated heterocycles. The first-order valence-corrected chi connectivity index (χ1v) is 10.8. The van der Waals surface area contributed by atoms with E-state index in [2.05, 4.69) is 145 Å². The number of benzene rings is 4. The Balaban J connectivity index is 1.56. The Hall–Kier alpha value is -3.84. The van der Waals surface area contributed by atoms with Crippen LogP contribution in [0.25, 0.3) is 11.6 Å². The van der Waals surface area contributed by atoms with E-state index in [0.717, 1.165) is 6.54 Å². The highest BCUT2D eigenvalue weighted by atomic mass is 15.1. The zero-order valence-electron chi connectivity index (χ0n) is 17.9. The standard InChI is InChI=1S/C30H27N/c1-2-31(28-18-10-5-11-19-28)29-23-21-25(22-24-29)13-12-20-30(26-14-6-3-7-15-26)27-16-8-4-9-17-27/h3-24H,2H2,1H3. The second-order valence-electron chi connectivity index (χ2n) is 7.34. The zero-order valence-corrected chi connectivity index (χ0v) is 17.9. The molecule has 0 unspecified atom stereocenters. The van der Waals surface area contributed by atoms with Crippen LogP contribution in [0.5, 0.6) is 0 Å². The molecule has 0 spiro atoms. The predicted molar refractivity (Wildman–Crippen MR) is 135 cm³/mol. The highest BCUT2D eigenvalue weighted by Crippen LogP contribution is 2.26. The van der Waals surface area contributed by atoms with E-state index in [-0.39, 0.29) is 0 Å². The first-order valence-electron chi connectivity index (χ1n) is 10.8. The molecule has 0 aliphatic heterocycles. The van der Waals surface area contributed by atoms with Crippen LogP contribution in [-0.4, -0.2) is 6.54 Å². The number of nitrogens with zero attached hydrogens (tertiary/aromatic N) is 1. The molecule has 31 heavy (non-hydrogen) atoms. The van der Waals surface area contributed by atoms with Gasteiger partial charge in [-0.2, -0.15) is 0 Å². The minimum absolute atomic E-state index is 0.930. The molecule has 0 fully saturated rings. The van der Waals surface area contributed by atoms with Crippen molar-refractivity contribution < 1.29 is 0 Å². The molecule has 1 heteroatoms. The minimum atomic E-state index is 0.930. The van der Waals surface area contributed by atoms with Crippen molar-refractivity contribution in [2.24, 2.45) is 0 Å². The quantitative estimate of drug-likeness (QED) is 0.284. The molecule has 0 aliphatic carbocycles. The Morgan fingerprint density at radius 3 is 1.61 bits per heavy atom. The molecule has 0 radical (unpaired) electrons. The lowest BCUT2D eigenvalue weighted by Crippen LogP contribution is -2.15. The molecule has 0 saturated carbocycles. The van der Waals surface area contributed by atoms with Crippen LogP contribution in [0.1, 0.15) is 23.6 Å². The Labute approximate surface area is 185 Å². The fourth-order valence-corrected chi connectivity index (χ4v) is 3.74. The maximum atomic E-state index is 2.32. The van der Waals surface area contributed by atoms with Gasteiger partial charge in [0, 0.05) is 17.9 Å². The van der Waals surface area contributed by atoms with Gasteiger partial charge in [0.1, 0.15) is 0 Å². The maximum absolute atomic E-state index is 2.32. The van der Waals surface area contributed by atoms with Crippen LogP contribution >= 0.6 is 0 Å². The number of allylic oxidation sites excluding steroid dienone is 2. The molecule has 0 heterocycles. The molecule has 0 atom stereocenters. The van der Waals surface area contributed by atoms with Crippen molar-refractivity contribution in [1.82, 2.24) is 0 Å². The third kappa shape index (κ3) is 5.21. The van der Waals surface area contributed by atoms with E-state index in [4.69, 9.17) is 0 Å². The summed E-state index contributed by atoms with van der Waals surface area (Å²) >= 11 is 0. The Morgan fingerprint density at radius 1 is 0.613 bits per heavy atom. The highest BCUT2D eigenvalue weighted by Gasteiger charge is 2.06. The van der Waals surface area contributed by atoms with E-state index in [1.54, 1.807) is 0 Å². The Morgan fingerprint density at radius 2 is 1.10 bits per heavy atom. The number of anilines is 2. The normalized spacial score (nSPS) is 10.7. The summed E-state index contributed by atoms with van der Waals surface area (Å²) in [6, 6.07) is 40.3. The van der Waals surface area contributed by atoms with Crippen molar-refractivity contribution in [2.45, 2.75) is 6.92 Å². The van der Waals surface area contributed by atoms with E-state index < -0.39 is 0 Å². The second kappa shape index (κ2) is 10.3. The third-order valence-electron chi connectivity index (χ3n) is 5.31. The van der Waals surface area contributed by atoms with Gasteiger partial charge in [-0.05, 0) is 53.5 Å². The maximum Gasteiger partial charge on any atom is 0.0411 e. The van der Waals surface area contributed by atoms with Gasteiger partial charge in [-0.3, -0.25) is 0 Å². The summed E-state index contributed by atoms with van der Waals surface area (Å²) in [6.07, 6.45) is 6.49. The molecule has 4 aromatic rings. The number of para-hydroxylation sites is 1. The van der Waals surface area contributed by atoms with Gasteiger partial charge < -0.3 is 4.90 Å². The van der Waals surface area contributed by atoms with Crippen molar-refractivity contribution in [3.05, 3.63) is 144 Å². The van der Waals surface area contributed by atoms with Crippen LogP contribution in [-0.2, 0) is 0 Å². The summed E-state index contributed by atoms with van der Waals surface area (Å²) in [5.74, 6) is 0. The van der Waals surface area contributed by atoms with Crippen molar-refractivity contribution in [3.63, 3.8) is 0 Å². The topological polar surface area (TPSA) is 3.24 Å². The molecule has 4 aromatic carbocycles. The minimum Gasteiger partial charge on any atom is -0.342 e. The van der Waals surface area contributed by atoms with Gasteiger partial charge in [0.2, 0.25) is 0 Å². The zero-order chi connectivity index (χ0) is 21.3. The van der Waals surface area contributed by atoms with Crippen LogP contribution in [0.15, 0.2) is 127 Å². The Bertz CT molecular complexity index is 1080. The molecular weight excluding hydrogens is 374 g/mol. The summed E-state index contributed by atoms with van der Waals surface area (Å²) < 4.78 is 0. The van der Waals surface area contributed by atoms with Gasteiger partial charge in [0.25, 0.3) is 0 Å². The van der Waals surface area contributed by atoms with E-state index in [1.165, 1.54) is 33.6 Å². The van der Waals surface area contributed by atoms with Gasteiger partial charge in [-0.1, -0.05) is 109 Å². The number of rotatable bonds is 7. The van der Waals surface area contributed by atoms with Gasteiger partial charge >= 0.3 is 0 Å². The lowest BCUT2D eigenvalue weighted by Gasteiger charge is -2.23. The van der Waals surface area contributed by atoms with Crippen LogP contribution in [0, 0.1) is 0 Å². The molecule has 4 rings (SSSR count).